The molecule has 0 unspecified atom stereocenters. The summed E-state index contributed by atoms with van der Waals surface area (Å²) in [7, 11) is 0. The van der Waals surface area contributed by atoms with Crippen LogP contribution in [-0.2, 0) is 0 Å². The standard InChI is InChI=1S/C15H12N4O/c16-14(20)12-4-2-8-18-15(12)19-11-5-6-13-10(9-11)3-1-7-17-13/h1-9H,(H2,16,20)(H,18,19). The number of fused-ring (bicyclic) bond motifs is 1. The van der Waals surface area contributed by atoms with E-state index in [4.69, 9.17) is 5.73 Å². The van der Waals surface area contributed by atoms with Gasteiger partial charge in [0.1, 0.15) is 5.82 Å². The summed E-state index contributed by atoms with van der Waals surface area (Å²) in [4.78, 5) is 19.8. The first-order chi connectivity index (χ1) is 9.74. The van der Waals surface area contributed by atoms with Gasteiger partial charge in [-0.15, -0.1) is 0 Å². The lowest BCUT2D eigenvalue weighted by Gasteiger charge is -2.09. The van der Waals surface area contributed by atoms with Crippen LogP contribution >= 0.6 is 0 Å². The summed E-state index contributed by atoms with van der Waals surface area (Å²) in [6, 6.07) is 12.9. The molecular formula is C15H12N4O. The summed E-state index contributed by atoms with van der Waals surface area (Å²) in [5, 5.41) is 4.11. The molecule has 20 heavy (non-hydrogen) atoms. The van der Waals surface area contributed by atoms with Gasteiger partial charge >= 0.3 is 0 Å². The number of hydrogen-bond donors (Lipinski definition) is 2. The van der Waals surface area contributed by atoms with Crippen LogP contribution < -0.4 is 11.1 Å². The number of carbonyl (C=O) groups is 1. The van der Waals surface area contributed by atoms with Crippen LogP contribution in [0.4, 0.5) is 11.5 Å². The van der Waals surface area contributed by atoms with Crippen molar-refractivity contribution in [2.75, 3.05) is 5.32 Å². The van der Waals surface area contributed by atoms with E-state index in [1.54, 1.807) is 24.5 Å². The number of pyridine rings is 2. The number of carbonyl (C=O) groups excluding carboxylic acids is 1. The second-order valence-corrected chi connectivity index (χ2v) is 4.30. The molecule has 5 heteroatoms. The average Bonchev–Trinajstić information content (AvgIpc) is 2.47. The fourth-order valence-corrected chi connectivity index (χ4v) is 1.99. The zero-order valence-electron chi connectivity index (χ0n) is 10.6. The summed E-state index contributed by atoms with van der Waals surface area (Å²) < 4.78 is 0. The second-order valence-electron chi connectivity index (χ2n) is 4.30. The number of rotatable bonds is 3. The fraction of sp³-hybridized carbons (Fsp3) is 0. The van der Waals surface area contributed by atoms with Gasteiger partial charge in [-0.05, 0) is 36.4 Å². The molecule has 3 aromatic rings. The number of nitrogens with two attached hydrogens (primary N) is 1. The van der Waals surface area contributed by atoms with Crippen molar-refractivity contribution in [3.63, 3.8) is 0 Å². The third-order valence-corrected chi connectivity index (χ3v) is 2.94. The molecule has 0 saturated carbocycles. The molecule has 0 fully saturated rings. The van der Waals surface area contributed by atoms with Gasteiger partial charge in [-0.2, -0.15) is 0 Å². The van der Waals surface area contributed by atoms with Gasteiger partial charge < -0.3 is 11.1 Å². The van der Waals surface area contributed by atoms with Crippen molar-refractivity contribution in [1.29, 1.82) is 0 Å². The zero-order chi connectivity index (χ0) is 13.9. The molecule has 0 bridgehead atoms. The normalized spacial score (nSPS) is 10.4. The van der Waals surface area contributed by atoms with E-state index in [9.17, 15) is 4.79 Å². The van der Waals surface area contributed by atoms with Crippen molar-refractivity contribution in [3.8, 4) is 0 Å². The number of aromatic nitrogens is 2. The van der Waals surface area contributed by atoms with E-state index in [1.807, 2.05) is 30.3 Å². The molecule has 0 aliphatic carbocycles. The Morgan fingerprint density at radius 1 is 1.05 bits per heavy atom. The van der Waals surface area contributed by atoms with Gasteiger partial charge in [-0.1, -0.05) is 6.07 Å². The number of benzene rings is 1. The highest BCUT2D eigenvalue weighted by Crippen LogP contribution is 2.21. The predicted octanol–water partition coefficient (Wildman–Crippen LogP) is 2.47. The highest BCUT2D eigenvalue weighted by atomic mass is 16.1. The number of anilines is 2. The van der Waals surface area contributed by atoms with Crippen LogP contribution in [0.1, 0.15) is 10.4 Å². The van der Waals surface area contributed by atoms with E-state index in [2.05, 4.69) is 15.3 Å². The highest BCUT2D eigenvalue weighted by Gasteiger charge is 2.08. The Bertz CT molecular complexity index is 785. The minimum absolute atomic E-state index is 0.360. The molecule has 0 radical (unpaired) electrons. The molecule has 0 spiro atoms. The lowest BCUT2D eigenvalue weighted by atomic mass is 10.2. The molecule has 3 rings (SSSR count). The van der Waals surface area contributed by atoms with E-state index in [-0.39, 0.29) is 0 Å². The van der Waals surface area contributed by atoms with Crippen LogP contribution in [0.3, 0.4) is 0 Å². The summed E-state index contributed by atoms with van der Waals surface area (Å²) >= 11 is 0. The summed E-state index contributed by atoms with van der Waals surface area (Å²) in [6.07, 6.45) is 3.36. The topological polar surface area (TPSA) is 80.9 Å². The van der Waals surface area contributed by atoms with E-state index < -0.39 is 5.91 Å². The summed E-state index contributed by atoms with van der Waals surface area (Å²) in [5.41, 5.74) is 7.43. The Morgan fingerprint density at radius 3 is 2.70 bits per heavy atom. The monoisotopic (exact) mass is 264 g/mol. The molecule has 0 aliphatic heterocycles. The molecule has 2 heterocycles. The molecule has 3 N–H and O–H groups in total. The van der Waals surface area contributed by atoms with Gasteiger partial charge in [0.05, 0.1) is 11.1 Å². The Labute approximate surface area is 115 Å². The third-order valence-electron chi connectivity index (χ3n) is 2.94. The van der Waals surface area contributed by atoms with Crippen LogP contribution in [0.5, 0.6) is 0 Å². The van der Waals surface area contributed by atoms with Gasteiger partial charge in [0.2, 0.25) is 0 Å². The SMILES string of the molecule is NC(=O)c1cccnc1Nc1ccc2ncccc2c1. The van der Waals surface area contributed by atoms with E-state index >= 15 is 0 Å². The second kappa shape index (κ2) is 4.97. The van der Waals surface area contributed by atoms with Crippen LogP contribution in [0.25, 0.3) is 10.9 Å². The third kappa shape index (κ3) is 2.29. The number of hydrogen-bond acceptors (Lipinski definition) is 4. The van der Waals surface area contributed by atoms with Gasteiger partial charge in [0, 0.05) is 23.5 Å². The van der Waals surface area contributed by atoms with Crippen molar-refractivity contribution < 1.29 is 4.79 Å². The largest absolute Gasteiger partial charge is 0.365 e. The van der Waals surface area contributed by atoms with Crippen LogP contribution in [0, 0.1) is 0 Å². The summed E-state index contributed by atoms with van der Waals surface area (Å²) in [5.74, 6) is -0.0636. The van der Waals surface area contributed by atoms with Crippen LogP contribution in [0.15, 0.2) is 54.9 Å². The van der Waals surface area contributed by atoms with Crippen LogP contribution in [-0.4, -0.2) is 15.9 Å². The number of nitrogens with zero attached hydrogens (tertiary/aromatic N) is 2. The fourth-order valence-electron chi connectivity index (χ4n) is 1.99. The first-order valence-corrected chi connectivity index (χ1v) is 6.11. The van der Waals surface area contributed by atoms with Crippen molar-refractivity contribution in [3.05, 3.63) is 60.4 Å². The molecule has 0 saturated heterocycles. The maximum absolute atomic E-state index is 11.4. The first kappa shape index (κ1) is 12.1. The highest BCUT2D eigenvalue weighted by molar-refractivity contribution is 5.98. The number of primary amides is 1. The molecule has 0 aliphatic rings. The lowest BCUT2D eigenvalue weighted by molar-refractivity contribution is 0.100. The Balaban J connectivity index is 1.99. The van der Waals surface area contributed by atoms with Gasteiger partial charge in [0.15, 0.2) is 0 Å². The van der Waals surface area contributed by atoms with E-state index in [0.717, 1.165) is 16.6 Å². The molecule has 5 nitrogen and oxygen atoms in total. The van der Waals surface area contributed by atoms with Crippen molar-refractivity contribution in [2.45, 2.75) is 0 Å². The maximum Gasteiger partial charge on any atom is 0.252 e. The molecule has 1 aromatic carbocycles. The van der Waals surface area contributed by atoms with Crippen LogP contribution in [0.2, 0.25) is 0 Å². The Hall–Kier alpha value is -2.95. The molecule has 1 amide bonds. The predicted molar refractivity (Wildman–Crippen MR) is 77.8 cm³/mol. The molecule has 0 atom stereocenters. The minimum atomic E-state index is -0.511. The van der Waals surface area contributed by atoms with Gasteiger partial charge in [-0.25, -0.2) is 4.98 Å². The number of nitrogens with one attached hydrogen (secondary N) is 1. The van der Waals surface area contributed by atoms with Gasteiger partial charge in [0.25, 0.3) is 5.91 Å². The molecule has 98 valence electrons. The smallest absolute Gasteiger partial charge is 0.252 e. The zero-order valence-corrected chi connectivity index (χ0v) is 10.6. The Kier molecular flexibility index (Phi) is 3.01. The quantitative estimate of drug-likeness (QED) is 0.761. The summed E-state index contributed by atoms with van der Waals surface area (Å²) in [6.45, 7) is 0. The van der Waals surface area contributed by atoms with Crippen molar-refractivity contribution in [1.82, 2.24) is 9.97 Å². The van der Waals surface area contributed by atoms with Gasteiger partial charge in [-0.3, -0.25) is 9.78 Å². The average molecular weight is 264 g/mol. The maximum atomic E-state index is 11.4. The lowest BCUT2D eigenvalue weighted by Crippen LogP contribution is -2.14. The van der Waals surface area contributed by atoms with Crippen molar-refractivity contribution >= 4 is 28.3 Å². The molecule has 2 aromatic heterocycles. The molecular weight excluding hydrogens is 252 g/mol. The van der Waals surface area contributed by atoms with Crippen molar-refractivity contribution in [2.24, 2.45) is 5.73 Å². The first-order valence-electron chi connectivity index (χ1n) is 6.11. The van der Waals surface area contributed by atoms with E-state index in [1.165, 1.54) is 0 Å². The minimum Gasteiger partial charge on any atom is -0.365 e. The Morgan fingerprint density at radius 2 is 1.85 bits per heavy atom. The van der Waals surface area contributed by atoms with E-state index in [0.29, 0.717) is 11.4 Å². The number of amides is 1.